The number of ether oxygens (including phenoxy) is 1. The lowest BCUT2D eigenvalue weighted by atomic mass is 10.1. The number of aliphatic imine (C=N–C) groups is 1. The zero-order valence-corrected chi connectivity index (χ0v) is 14.6. The Hall–Kier alpha value is -2.10. The molecule has 0 radical (unpaired) electrons. The molecular weight excluding hydrogens is 302 g/mol. The van der Waals surface area contributed by atoms with Crippen molar-refractivity contribution in [2.24, 2.45) is 4.99 Å². The molecule has 130 valence electrons. The summed E-state index contributed by atoms with van der Waals surface area (Å²) in [5, 5.41) is 15.6. The highest BCUT2D eigenvalue weighted by atomic mass is 16.5. The van der Waals surface area contributed by atoms with Crippen molar-refractivity contribution < 1.29 is 4.74 Å². The van der Waals surface area contributed by atoms with Crippen molar-refractivity contribution in [1.29, 1.82) is 5.26 Å². The summed E-state index contributed by atoms with van der Waals surface area (Å²) in [5.41, 5.74) is 1.70. The molecule has 1 atom stereocenters. The maximum atomic E-state index is 8.97. The van der Waals surface area contributed by atoms with Crippen LogP contribution in [-0.2, 0) is 11.3 Å². The van der Waals surface area contributed by atoms with Crippen molar-refractivity contribution >= 4 is 5.96 Å². The smallest absolute Gasteiger partial charge is 0.191 e. The number of morpholine rings is 1. The van der Waals surface area contributed by atoms with Gasteiger partial charge in [-0.15, -0.1) is 0 Å². The number of nitriles is 1. The van der Waals surface area contributed by atoms with E-state index >= 15 is 0 Å². The molecule has 1 saturated heterocycles. The number of rotatable bonds is 6. The number of benzene rings is 1. The zero-order chi connectivity index (χ0) is 17.2. The van der Waals surface area contributed by atoms with Gasteiger partial charge in [0.1, 0.15) is 0 Å². The minimum Gasteiger partial charge on any atom is -0.379 e. The Balaban J connectivity index is 1.88. The molecule has 6 heteroatoms. The predicted molar refractivity (Wildman–Crippen MR) is 95.8 cm³/mol. The number of hydrogen-bond acceptors (Lipinski definition) is 4. The van der Waals surface area contributed by atoms with Gasteiger partial charge in [0.15, 0.2) is 5.96 Å². The second kappa shape index (κ2) is 9.91. The van der Waals surface area contributed by atoms with Crippen LogP contribution in [0.4, 0.5) is 0 Å². The fourth-order valence-corrected chi connectivity index (χ4v) is 2.64. The lowest BCUT2D eigenvalue weighted by Crippen LogP contribution is -2.49. The molecule has 1 unspecified atom stereocenters. The van der Waals surface area contributed by atoms with E-state index in [1.807, 2.05) is 18.2 Å². The largest absolute Gasteiger partial charge is 0.379 e. The molecule has 1 aliphatic rings. The SMILES string of the molecule is CCNC(=NCc1cccc(C#N)c1)NCC(C)N1CCOCC1. The van der Waals surface area contributed by atoms with Crippen LogP contribution >= 0.6 is 0 Å². The Morgan fingerprint density at radius 2 is 2.17 bits per heavy atom. The maximum absolute atomic E-state index is 8.97. The van der Waals surface area contributed by atoms with Crippen molar-refractivity contribution in [2.75, 3.05) is 39.4 Å². The molecule has 1 aromatic carbocycles. The van der Waals surface area contributed by atoms with E-state index in [-0.39, 0.29) is 0 Å². The van der Waals surface area contributed by atoms with Crippen molar-refractivity contribution in [3.05, 3.63) is 35.4 Å². The molecule has 1 aromatic rings. The third-order valence-corrected chi connectivity index (χ3v) is 4.05. The molecule has 0 bridgehead atoms. The number of nitrogens with zero attached hydrogens (tertiary/aromatic N) is 3. The summed E-state index contributed by atoms with van der Waals surface area (Å²) in [4.78, 5) is 7.05. The molecule has 24 heavy (non-hydrogen) atoms. The summed E-state index contributed by atoms with van der Waals surface area (Å²) >= 11 is 0. The van der Waals surface area contributed by atoms with Crippen LogP contribution in [0.2, 0.25) is 0 Å². The number of nitrogens with one attached hydrogen (secondary N) is 2. The molecule has 0 amide bonds. The Labute approximate surface area is 144 Å². The van der Waals surface area contributed by atoms with E-state index in [0.29, 0.717) is 18.2 Å². The molecule has 0 aromatic heterocycles. The van der Waals surface area contributed by atoms with Crippen molar-refractivity contribution in [3.8, 4) is 6.07 Å². The molecule has 6 nitrogen and oxygen atoms in total. The minimum absolute atomic E-state index is 0.430. The van der Waals surface area contributed by atoms with Crippen LogP contribution in [-0.4, -0.2) is 56.3 Å². The summed E-state index contributed by atoms with van der Waals surface area (Å²) in [6.07, 6.45) is 0. The molecule has 0 saturated carbocycles. The first-order valence-electron chi connectivity index (χ1n) is 8.56. The first kappa shape index (κ1) is 18.2. The van der Waals surface area contributed by atoms with Crippen LogP contribution in [0.25, 0.3) is 0 Å². The summed E-state index contributed by atoms with van der Waals surface area (Å²) in [6.45, 7) is 10.1. The van der Waals surface area contributed by atoms with Gasteiger partial charge in [0, 0.05) is 32.2 Å². The van der Waals surface area contributed by atoms with E-state index in [2.05, 4.69) is 40.4 Å². The van der Waals surface area contributed by atoms with Gasteiger partial charge >= 0.3 is 0 Å². The minimum atomic E-state index is 0.430. The van der Waals surface area contributed by atoms with Crippen molar-refractivity contribution in [2.45, 2.75) is 26.4 Å². The van der Waals surface area contributed by atoms with Gasteiger partial charge in [-0.05, 0) is 31.5 Å². The van der Waals surface area contributed by atoms with Gasteiger partial charge in [-0.25, -0.2) is 4.99 Å². The van der Waals surface area contributed by atoms with Gasteiger partial charge in [-0.1, -0.05) is 12.1 Å². The average Bonchev–Trinajstić information content (AvgIpc) is 2.64. The lowest BCUT2D eigenvalue weighted by molar-refractivity contribution is 0.0211. The van der Waals surface area contributed by atoms with Gasteiger partial charge in [-0.3, -0.25) is 4.90 Å². The third kappa shape index (κ3) is 5.84. The average molecular weight is 329 g/mol. The van der Waals surface area contributed by atoms with E-state index in [4.69, 9.17) is 10.00 Å². The maximum Gasteiger partial charge on any atom is 0.191 e. The fourth-order valence-electron chi connectivity index (χ4n) is 2.64. The molecule has 1 aliphatic heterocycles. The number of hydrogen-bond donors (Lipinski definition) is 2. The van der Waals surface area contributed by atoms with Gasteiger partial charge in [0.05, 0.1) is 31.4 Å². The molecule has 0 spiro atoms. The van der Waals surface area contributed by atoms with Gasteiger partial charge < -0.3 is 15.4 Å². The predicted octanol–water partition coefficient (Wildman–Crippen LogP) is 1.33. The molecule has 0 aliphatic carbocycles. The second-order valence-corrected chi connectivity index (χ2v) is 5.89. The number of guanidine groups is 1. The van der Waals surface area contributed by atoms with Crippen molar-refractivity contribution in [1.82, 2.24) is 15.5 Å². The second-order valence-electron chi connectivity index (χ2n) is 5.89. The Morgan fingerprint density at radius 1 is 1.38 bits per heavy atom. The molecule has 2 N–H and O–H groups in total. The fraction of sp³-hybridized carbons (Fsp3) is 0.556. The van der Waals surface area contributed by atoms with Gasteiger partial charge in [0.2, 0.25) is 0 Å². The molecular formula is C18H27N5O. The highest BCUT2D eigenvalue weighted by Crippen LogP contribution is 2.06. The van der Waals surface area contributed by atoms with Crippen LogP contribution < -0.4 is 10.6 Å². The first-order valence-corrected chi connectivity index (χ1v) is 8.56. The zero-order valence-electron chi connectivity index (χ0n) is 14.6. The van der Waals surface area contributed by atoms with E-state index in [0.717, 1.165) is 50.9 Å². The summed E-state index contributed by atoms with van der Waals surface area (Å²) in [7, 11) is 0. The summed E-state index contributed by atoms with van der Waals surface area (Å²) in [6, 6.07) is 10.2. The van der Waals surface area contributed by atoms with Crippen LogP contribution in [0.15, 0.2) is 29.3 Å². The van der Waals surface area contributed by atoms with Crippen LogP contribution in [0.5, 0.6) is 0 Å². The van der Waals surface area contributed by atoms with Crippen LogP contribution in [0.1, 0.15) is 25.0 Å². The Bertz CT molecular complexity index is 575. The summed E-state index contributed by atoms with van der Waals surface area (Å²) < 4.78 is 5.40. The Morgan fingerprint density at radius 3 is 2.88 bits per heavy atom. The van der Waals surface area contributed by atoms with E-state index < -0.39 is 0 Å². The van der Waals surface area contributed by atoms with E-state index in [9.17, 15) is 0 Å². The highest BCUT2D eigenvalue weighted by Gasteiger charge is 2.16. The Kier molecular flexibility index (Phi) is 7.53. The van der Waals surface area contributed by atoms with Crippen LogP contribution in [0, 0.1) is 11.3 Å². The third-order valence-electron chi connectivity index (χ3n) is 4.05. The standard InChI is InChI=1S/C18H27N5O/c1-3-20-18(21-13-15(2)23-7-9-24-10-8-23)22-14-17-6-4-5-16(11-17)12-19/h4-6,11,15H,3,7-10,13-14H2,1-2H3,(H2,20,21,22). The normalized spacial score (nSPS) is 17.1. The topological polar surface area (TPSA) is 72.7 Å². The van der Waals surface area contributed by atoms with E-state index in [1.165, 1.54) is 0 Å². The van der Waals surface area contributed by atoms with Crippen molar-refractivity contribution in [3.63, 3.8) is 0 Å². The van der Waals surface area contributed by atoms with Gasteiger partial charge in [-0.2, -0.15) is 5.26 Å². The van der Waals surface area contributed by atoms with Crippen LogP contribution in [0.3, 0.4) is 0 Å². The monoisotopic (exact) mass is 329 g/mol. The lowest BCUT2D eigenvalue weighted by Gasteiger charge is -2.32. The van der Waals surface area contributed by atoms with E-state index in [1.54, 1.807) is 6.07 Å². The first-order chi connectivity index (χ1) is 11.7. The summed E-state index contributed by atoms with van der Waals surface area (Å²) in [5.74, 6) is 0.806. The molecule has 1 fully saturated rings. The quantitative estimate of drug-likeness (QED) is 0.608. The molecule has 1 heterocycles. The molecule has 2 rings (SSSR count). The van der Waals surface area contributed by atoms with Gasteiger partial charge in [0.25, 0.3) is 0 Å². The highest BCUT2D eigenvalue weighted by molar-refractivity contribution is 5.79.